The molecule has 0 aliphatic carbocycles. The van der Waals surface area contributed by atoms with Crippen molar-refractivity contribution < 1.29 is 19.6 Å². The van der Waals surface area contributed by atoms with E-state index in [0.29, 0.717) is 5.75 Å². The molecular weight excluding hydrogens is 344 g/mol. The standard InChI is InChI=1S/C13H9BrN2O5/c1-7-2-3-9(14)5-11(7)21-12-10(16(19)20)4-8(6-15-12)13(17)18/h2-6H,1H3,(H,17,18). The van der Waals surface area contributed by atoms with Gasteiger partial charge in [0.15, 0.2) is 0 Å². The molecule has 1 aromatic heterocycles. The van der Waals surface area contributed by atoms with Crippen LogP contribution >= 0.6 is 15.9 Å². The third-order valence-corrected chi connectivity index (χ3v) is 3.13. The molecule has 0 saturated heterocycles. The number of aromatic carboxylic acids is 1. The summed E-state index contributed by atoms with van der Waals surface area (Å²) in [7, 11) is 0. The molecule has 1 aromatic carbocycles. The first-order valence-corrected chi connectivity index (χ1v) is 6.49. The van der Waals surface area contributed by atoms with Crippen molar-refractivity contribution in [3.63, 3.8) is 0 Å². The zero-order valence-corrected chi connectivity index (χ0v) is 12.3. The van der Waals surface area contributed by atoms with Crippen LogP contribution in [-0.2, 0) is 0 Å². The molecule has 0 radical (unpaired) electrons. The van der Waals surface area contributed by atoms with Crippen molar-refractivity contribution in [2.24, 2.45) is 0 Å². The highest BCUT2D eigenvalue weighted by Gasteiger charge is 2.21. The topological polar surface area (TPSA) is 103 Å². The number of pyridine rings is 1. The second kappa shape index (κ2) is 5.88. The van der Waals surface area contributed by atoms with Crippen LogP contribution in [-0.4, -0.2) is 21.0 Å². The van der Waals surface area contributed by atoms with Gasteiger partial charge >= 0.3 is 11.7 Å². The molecule has 0 aliphatic heterocycles. The minimum Gasteiger partial charge on any atom is -0.478 e. The number of nitro groups is 1. The smallest absolute Gasteiger partial charge is 0.337 e. The number of halogens is 1. The summed E-state index contributed by atoms with van der Waals surface area (Å²) in [5, 5.41) is 19.9. The van der Waals surface area contributed by atoms with Gasteiger partial charge in [-0.05, 0) is 24.6 Å². The predicted molar refractivity (Wildman–Crippen MR) is 76.8 cm³/mol. The summed E-state index contributed by atoms with van der Waals surface area (Å²) in [6.07, 6.45) is 1.01. The van der Waals surface area contributed by atoms with Crippen LogP contribution in [0.5, 0.6) is 11.6 Å². The van der Waals surface area contributed by atoms with E-state index in [1.165, 1.54) is 0 Å². The van der Waals surface area contributed by atoms with Crippen molar-refractivity contribution in [3.05, 3.63) is 56.2 Å². The number of hydrogen-bond acceptors (Lipinski definition) is 5. The van der Waals surface area contributed by atoms with Crippen molar-refractivity contribution in [1.82, 2.24) is 4.98 Å². The number of rotatable bonds is 4. The Balaban J connectivity index is 2.46. The molecule has 0 amide bonds. The largest absolute Gasteiger partial charge is 0.478 e. The maximum absolute atomic E-state index is 11.0. The van der Waals surface area contributed by atoms with Gasteiger partial charge in [0.05, 0.1) is 10.5 Å². The average Bonchev–Trinajstić information content (AvgIpc) is 2.42. The Hall–Kier alpha value is -2.48. The highest BCUT2D eigenvalue weighted by Crippen LogP contribution is 2.32. The van der Waals surface area contributed by atoms with Crippen molar-refractivity contribution in [2.75, 3.05) is 0 Å². The van der Waals surface area contributed by atoms with E-state index in [9.17, 15) is 14.9 Å². The molecule has 0 fully saturated rings. The summed E-state index contributed by atoms with van der Waals surface area (Å²) in [5.41, 5.74) is -0.0223. The molecule has 1 N–H and O–H groups in total. The first-order chi connectivity index (χ1) is 9.88. The van der Waals surface area contributed by atoms with Crippen LogP contribution in [0.15, 0.2) is 34.9 Å². The molecule has 0 aliphatic rings. The molecule has 2 rings (SSSR count). The zero-order valence-electron chi connectivity index (χ0n) is 10.7. The van der Waals surface area contributed by atoms with Crippen molar-refractivity contribution in [1.29, 1.82) is 0 Å². The van der Waals surface area contributed by atoms with E-state index in [1.54, 1.807) is 25.1 Å². The molecule has 0 spiro atoms. The summed E-state index contributed by atoms with van der Waals surface area (Å²) in [4.78, 5) is 24.8. The lowest BCUT2D eigenvalue weighted by molar-refractivity contribution is -0.386. The molecule has 108 valence electrons. The monoisotopic (exact) mass is 352 g/mol. The van der Waals surface area contributed by atoms with Crippen LogP contribution in [0.4, 0.5) is 5.69 Å². The molecular formula is C13H9BrN2O5. The normalized spacial score (nSPS) is 10.2. The van der Waals surface area contributed by atoms with Gasteiger partial charge in [-0.2, -0.15) is 0 Å². The molecule has 0 unspecified atom stereocenters. The van der Waals surface area contributed by atoms with Crippen LogP contribution < -0.4 is 4.74 Å². The van der Waals surface area contributed by atoms with Gasteiger partial charge in [-0.25, -0.2) is 9.78 Å². The number of aromatic nitrogens is 1. The summed E-state index contributed by atoms with van der Waals surface area (Å²) < 4.78 is 6.18. The van der Waals surface area contributed by atoms with Crippen LogP contribution in [0, 0.1) is 17.0 Å². The lowest BCUT2D eigenvalue weighted by Gasteiger charge is -2.08. The Morgan fingerprint density at radius 2 is 2.14 bits per heavy atom. The van der Waals surface area contributed by atoms with E-state index >= 15 is 0 Å². The van der Waals surface area contributed by atoms with E-state index in [1.807, 2.05) is 0 Å². The Morgan fingerprint density at radius 1 is 1.43 bits per heavy atom. The molecule has 0 bridgehead atoms. The van der Waals surface area contributed by atoms with Crippen molar-refractivity contribution in [2.45, 2.75) is 6.92 Å². The third kappa shape index (κ3) is 3.34. The summed E-state index contributed by atoms with van der Waals surface area (Å²) in [6, 6.07) is 6.14. The molecule has 0 atom stereocenters. The fourth-order valence-electron chi connectivity index (χ4n) is 1.56. The van der Waals surface area contributed by atoms with Gasteiger partial charge in [0.25, 0.3) is 5.88 Å². The number of carboxylic acids is 1. The molecule has 1 heterocycles. The van der Waals surface area contributed by atoms with E-state index in [0.717, 1.165) is 22.3 Å². The van der Waals surface area contributed by atoms with Gasteiger partial charge in [0.2, 0.25) is 0 Å². The molecule has 7 nitrogen and oxygen atoms in total. The highest BCUT2D eigenvalue weighted by molar-refractivity contribution is 9.10. The van der Waals surface area contributed by atoms with Crippen molar-refractivity contribution >= 4 is 27.6 Å². The SMILES string of the molecule is Cc1ccc(Br)cc1Oc1ncc(C(=O)O)cc1[N+](=O)[O-]. The minimum absolute atomic E-state index is 0.258. The molecule has 21 heavy (non-hydrogen) atoms. The van der Waals surface area contributed by atoms with Crippen LogP contribution in [0.2, 0.25) is 0 Å². The average molecular weight is 353 g/mol. The fraction of sp³-hybridized carbons (Fsp3) is 0.0769. The maximum Gasteiger partial charge on any atom is 0.337 e. The van der Waals surface area contributed by atoms with E-state index < -0.39 is 16.6 Å². The van der Waals surface area contributed by atoms with Crippen LogP contribution in [0.1, 0.15) is 15.9 Å². The quantitative estimate of drug-likeness (QED) is 0.666. The van der Waals surface area contributed by atoms with Crippen LogP contribution in [0.25, 0.3) is 0 Å². The number of ether oxygens (including phenoxy) is 1. The van der Waals surface area contributed by atoms with Crippen LogP contribution in [0.3, 0.4) is 0 Å². The van der Waals surface area contributed by atoms with Gasteiger partial charge in [-0.15, -0.1) is 0 Å². The lowest BCUT2D eigenvalue weighted by Crippen LogP contribution is -2.02. The third-order valence-electron chi connectivity index (χ3n) is 2.63. The number of carboxylic acid groups (broad SMARTS) is 1. The Morgan fingerprint density at radius 3 is 2.76 bits per heavy atom. The highest BCUT2D eigenvalue weighted by atomic mass is 79.9. The Kier molecular flexibility index (Phi) is 4.18. The Labute approximate surface area is 127 Å². The first kappa shape index (κ1) is 14.9. The predicted octanol–water partition coefficient (Wildman–Crippen LogP) is 3.55. The van der Waals surface area contributed by atoms with Gasteiger partial charge in [-0.1, -0.05) is 22.0 Å². The van der Waals surface area contributed by atoms with Gasteiger partial charge < -0.3 is 9.84 Å². The van der Waals surface area contributed by atoms with Crippen molar-refractivity contribution in [3.8, 4) is 11.6 Å². The molecule has 0 saturated carbocycles. The number of benzene rings is 1. The zero-order chi connectivity index (χ0) is 15.6. The Bertz CT molecular complexity index is 732. The fourth-order valence-corrected chi connectivity index (χ4v) is 1.90. The maximum atomic E-state index is 11.0. The summed E-state index contributed by atoms with van der Waals surface area (Å²) in [5.74, 6) is -1.16. The van der Waals surface area contributed by atoms with E-state index in [4.69, 9.17) is 9.84 Å². The number of aryl methyl sites for hydroxylation is 1. The summed E-state index contributed by atoms with van der Waals surface area (Å²) in [6.45, 7) is 1.78. The lowest BCUT2D eigenvalue weighted by atomic mass is 10.2. The summed E-state index contributed by atoms with van der Waals surface area (Å²) >= 11 is 3.28. The second-order valence-corrected chi connectivity index (χ2v) is 5.04. The molecule has 2 aromatic rings. The van der Waals surface area contributed by atoms with E-state index in [2.05, 4.69) is 20.9 Å². The van der Waals surface area contributed by atoms with Gasteiger partial charge in [0.1, 0.15) is 5.75 Å². The number of nitrogens with zero attached hydrogens (tertiary/aromatic N) is 2. The minimum atomic E-state index is -1.30. The van der Waals surface area contributed by atoms with Gasteiger partial charge in [0, 0.05) is 16.7 Å². The van der Waals surface area contributed by atoms with E-state index in [-0.39, 0.29) is 11.4 Å². The van der Waals surface area contributed by atoms with Gasteiger partial charge in [-0.3, -0.25) is 10.1 Å². The molecule has 8 heteroatoms. The second-order valence-electron chi connectivity index (χ2n) is 4.12. The number of carbonyl (C=O) groups is 1. The first-order valence-electron chi connectivity index (χ1n) is 5.70. The number of hydrogen-bond donors (Lipinski definition) is 1.